The van der Waals surface area contributed by atoms with E-state index in [9.17, 15) is 18.3 Å². The summed E-state index contributed by atoms with van der Waals surface area (Å²) in [6.07, 6.45) is 0.896. The number of nitrogens with one attached hydrogen (secondary N) is 1. The van der Waals surface area contributed by atoms with Crippen molar-refractivity contribution in [1.29, 1.82) is 0 Å². The lowest BCUT2D eigenvalue weighted by Gasteiger charge is -2.16. The minimum Gasteiger partial charge on any atom is -0.387 e. The Morgan fingerprint density at radius 1 is 0.967 bits per heavy atom. The van der Waals surface area contributed by atoms with Crippen LogP contribution in [0.1, 0.15) is 34.9 Å². The lowest BCUT2D eigenvalue weighted by Crippen LogP contribution is -2.29. The molecule has 1 fully saturated rings. The van der Waals surface area contributed by atoms with Gasteiger partial charge in [0.2, 0.25) is 10.0 Å². The largest absolute Gasteiger partial charge is 0.387 e. The SMILES string of the molecule is O=C(NCC(O)c1cccc2ccccc12)c1ccc(S(=O)(=O)N2CCCC2)cc1. The molecule has 2 N–H and O–H groups in total. The number of carbonyl (C=O) groups is 1. The summed E-state index contributed by atoms with van der Waals surface area (Å²) >= 11 is 0. The van der Waals surface area contributed by atoms with Gasteiger partial charge in [-0.1, -0.05) is 42.5 Å². The van der Waals surface area contributed by atoms with Crippen molar-refractivity contribution in [2.75, 3.05) is 19.6 Å². The predicted octanol–water partition coefficient (Wildman–Crippen LogP) is 3.09. The van der Waals surface area contributed by atoms with Crippen LogP contribution in [0.2, 0.25) is 0 Å². The van der Waals surface area contributed by atoms with Crippen LogP contribution in [0.25, 0.3) is 10.8 Å². The molecule has 0 aliphatic carbocycles. The van der Waals surface area contributed by atoms with Gasteiger partial charge < -0.3 is 10.4 Å². The summed E-state index contributed by atoms with van der Waals surface area (Å²) < 4.78 is 26.6. The first-order valence-corrected chi connectivity index (χ1v) is 11.4. The van der Waals surface area contributed by atoms with Crippen molar-refractivity contribution >= 4 is 26.7 Å². The fraction of sp³-hybridized carbons (Fsp3) is 0.261. The van der Waals surface area contributed by atoms with Crippen molar-refractivity contribution in [3.63, 3.8) is 0 Å². The number of carbonyl (C=O) groups excluding carboxylic acids is 1. The number of sulfonamides is 1. The van der Waals surface area contributed by atoms with Crippen molar-refractivity contribution in [3.8, 4) is 0 Å². The second kappa shape index (κ2) is 8.55. The molecule has 156 valence electrons. The number of rotatable bonds is 6. The lowest BCUT2D eigenvalue weighted by atomic mass is 10.0. The molecule has 6 nitrogen and oxygen atoms in total. The van der Waals surface area contributed by atoms with Gasteiger partial charge in [-0.05, 0) is 53.4 Å². The monoisotopic (exact) mass is 424 g/mol. The Bertz CT molecular complexity index is 1150. The average Bonchev–Trinajstić information content (AvgIpc) is 3.33. The molecule has 1 aliphatic rings. The Morgan fingerprint density at radius 2 is 1.63 bits per heavy atom. The molecule has 4 rings (SSSR count). The maximum atomic E-state index is 12.6. The molecular weight excluding hydrogens is 400 g/mol. The summed E-state index contributed by atoms with van der Waals surface area (Å²) in [6, 6.07) is 19.4. The fourth-order valence-corrected chi connectivity index (χ4v) is 5.32. The van der Waals surface area contributed by atoms with E-state index in [0.29, 0.717) is 18.7 Å². The van der Waals surface area contributed by atoms with Gasteiger partial charge in [0.15, 0.2) is 0 Å². The first-order chi connectivity index (χ1) is 14.5. The van der Waals surface area contributed by atoms with Gasteiger partial charge in [-0.25, -0.2) is 8.42 Å². The average molecular weight is 425 g/mol. The van der Waals surface area contributed by atoms with E-state index < -0.39 is 16.1 Å². The minimum absolute atomic E-state index is 0.0562. The van der Waals surface area contributed by atoms with E-state index in [-0.39, 0.29) is 17.3 Å². The van der Waals surface area contributed by atoms with Crippen LogP contribution in [0.4, 0.5) is 0 Å². The maximum absolute atomic E-state index is 12.6. The third-order valence-electron chi connectivity index (χ3n) is 5.46. The van der Waals surface area contributed by atoms with Crippen LogP contribution in [0, 0.1) is 0 Å². The number of hydrogen-bond donors (Lipinski definition) is 2. The first-order valence-electron chi connectivity index (χ1n) is 10.0. The second-order valence-corrected chi connectivity index (χ2v) is 9.37. The van der Waals surface area contributed by atoms with Gasteiger partial charge in [0.05, 0.1) is 11.0 Å². The summed E-state index contributed by atoms with van der Waals surface area (Å²) in [5.41, 5.74) is 1.10. The molecule has 1 amide bonds. The summed E-state index contributed by atoms with van der Waals surface area (Å²) in [7, 11) is -3.50. The van der Waals surface area contributed by atoms with Crippen molar-refractivity contribution in [3.05, 3.63) is 77.9 Å². The molecule has 3 aromatic rings. The predicted molar refractivity (Wildman–Crippen MR) is 116 cm³/mol. The van der Waals surface area contributed by atoms with Crippen molar-refractivity contribution in [2.24, 2.45) is 0 Å². The zero-order valence-corrected chi connectivity index (χ0v) is 17.3. The molecule has 0 spiro atoms. The van der Waals surface area contributed by atoms with Gasteiger partial charge >= 0.3 is 0 Å². The van der Waals surface area contributed by atoms with E-state index in [1.54, 1.807) is 0 Å². The third kappa shape index (κ3) is 4.09. The Morgan fingerprint density at radius 3 is 2.37 bits per heavy atom. The van der Waals surface area contributed by atoms with Crippen LogP contribution in [0.5, 0.6) is 0 Å². The van der Waals surface area contributed by atoms with Gasteiger partial charge in [-0.3, -0.25) is 4.79 Å². The number of aliphatic hydroxyl groups excluding tert-OH is 1. The molecule has 0 bridgehead atoms. The van der Waals surface area contributed by atoms with Crippen LogP contribution in [-0.4, -0.2) is 43.4 Å². The molecule has 3 aromatic carbocycles. The van der Waals surface area contributed by atoms with E-state index >= 15 is 0 Å². The van der Waals surface area contributed by atoms with Crippen LogP contribution in [-0.2, 0) is 10.0 Å². The Labute approximate surface area is 176 Å². The summed E-state index contributed by atoms with van der Waals surface area (Å²) in [5, 5.41) is 15.3. The molecular formula is C23H24N2O4S. The third-order valence-corrected chi connectivity index (χ3v) is 7.37. The molecule has 1 heterocycles. The minimum atomic E-state index is -3.50. The van der Waals surface area contributed by atoms with E-state index in [2.05, 4.69) is 5.32 Å². The standard InChI is InChI=1S/C23H24N2O4S/c26-22(21-9-5-7-17-6-1-2-8-20(17)21)16-24-23(27)18-10-12-19(13-11-18)30(28,29)25-14-3-4-15-25/h1-2,5-13,22,26H,3-4,14-16H2,(H,24,27). The summed E-state index contributed by atoms with van der Waals surface area (Å²) in [5.74, 6) is -0.362. The maximum Gasteiger partial charge on any atom is 0.251 e. The number of aliphatic hydroxyl groups is 1. The number of nitrogens with zero attached hydrogens (tertiary/aromatic N) is 1. The van der Waals surface area contributed by atoms with Crippen LogP contribution in [0.15, 0.2) is 71.6 Å². The quantitative estimate of drug-likeness (QED) is 0.637. The van der Waals surface area contributed by atoms with Crippen molar-refractivity contribution in [1.82, 2.24) is 9.62 Å². The van der Waals surface area contributed by atoms with Crippen LogP contribution in [0.3, 0.4) is 0 Å². The van der Waals surface area contributed by atoms with Crippen molar-refractivity contribution < 1.29 is 18.3 Å². The van der Waals surface area contributed by atoms with E-state index in [4.69, 9.17) is 0 Å². The summed E-state index contributed by atoms with van der Waals surface area (Å²) in [4.78, 5) is 12.7. The zero-order valence-electron chi connectivity index (χ0n) is 16.5. The lowest BCUT2D eigenvalue weighted by molar-refractivity contribution is 0.0917. The molecule has 0 aromatic heterocycles. The van der Waals surface area contributed by atoms with Gasteiger partial charge in [0, 0.05) is 25.2 Å². The van der Waals surface area contributed by atoms with Gasteiger partial charge in [0.1, 0.15) is 0 Å². The highest BCUT2D eigenvalue weighted by atomic mass is 32.2. The number of amides is 1. The molecule has 1 unspecified atom stereocenters. The Kier molecular flexibility index (Phi) is 5.85. The van der Waals surface area contributed by atoms with Gasteiger partial charge in [-0.15, -0.1) is 0 Å². The smallest absolute Gasteiger partial charge is 0.251 e. The fourth-order valence-electron chi connectivity index (χ4n) is 3.80. The number of fused-ring (bicyclic) bond motifs is 1. The number of benzene rings is 3. The Hall–Kier alpha value is -2.74. The van der Waals surface area contributed by atoms with Crippen molar-refractivity contribution in [2.45, 2.75) is 23.8 Å². The topological polar surface area (TPSA) is 86.7 Å². The molecule has 1 aliphatic heterocycles. The van der Waals surface area contributed by atoms with Gasteiger partial charge in [0.25, 0.3) is 5.91 Å². The highest BCUT2D eigenvalue weighted by Gasteiger charge is 2.27. The normalized spacial score (nSPS) is 15.9. The molecule has 1 saturated heterocycles. The second-order valence-electron chi connectivity index (χ2n) is 7.43. The van der Waals surface area contributed by atoms with E-state index in [1.165, 1.54) is 28.6 Å². The molecule has 0 radical (unpaired) electrons. The van der Waals surface area contributed by atoms with Gasteiger partial charge in [-0.2, -0.15) is 4.31 Å². The van der Waals surface area contributed by atoms with E-state index in [1.807, 2.05) is 42.5 Å². The zero-order chi connectivity index (χ0) is 21.1. The summed E-state index contributed by atoms with van der Waals surface area (Å²) in [6.45, 7) is 1.13. The van der Waals surface area contributed by atoms with Crippen LogP contribution < -0.4 is 5.32 Å². The molecule has 0 saturated carbocycles. The first kappa shape index (κ1) is 20.5. The number of hydrogen-bond acceptors (Lipinski definition) is 4. The highest BCUT2D eigenvalue weighted by Crippen LogP contribution is 2.24. The molecule has 1 atom stereocenters. The van der Waals surface area contributed by atoms with Crippen LogP contribution >= 0.6 is 0 Å². The molecule has 30 heavy (non-hydrogen) atoms. The Balaban J connectivity index is 1.43. The molecule has 7 heteroatoms. The van der Waals surface area contributed by atoms with E-state index in [0.717, 1.165) is 29.2 Å². The highest BCUT2D eigenvalue weighted by molar-refractivity contribution is 7.89.